The van der Waals surface area contributed by atoms with Crippen LogP contribution in [-0.4, -0.2) is 10.9 Å². The lowest BCUT2D eigenvalue weighted by atomic mass is 10.1. The van der Waals surface area contributed by atoms with Crippen LogP contribution >= 0.6 is 0 Å². The molecule has 0 unspecified atom stereocenters. The normalized spacial score (nSPS) is 10.7. The molecule has 20 heavy (non-hydrogen) atoms. The quantitative estimate of drug-likeness (QED) is 0.748. The van der Waals surface area contributed by atoms with E-state index in [9.17, 15) is 4.79 Å². The molecule has 3 nitrogen and oxygen atoms in total. The molecule has 100 valence electrons. The first-order valence-corrected chi connectivity index (χ1v) is 6.64. The maximum Gasteiger partial charge on any atom is 0.267 e. The van der Waals surface area contributed by atoms with E-state index in [1.54, 1.807) is 0 Å². The maximum atomic E-state index is 12.1. The van der Waals surface area contributed by atoms with Gasteiger partial charge in [0, 0.05) is 17.4 Å². The summed E-state index contributed by atoms with van der Waals surface area (Å²) in [4.78, 5) is 15.3. The van der Waals surface area contributed by atoms with E-state index in [1.165, 1.54) is 5.56 Å². The number of fused-ring (bicyclic) bond motifs is 1. The highest BCUT2D eigenvalue weighted by Crippen LogP contribution is 2.14. The van der Waals surface area contributed by atoms with Crippen molar-refractivity contribution in [3.8, 4) is 0 Å². The minimum Gasteiger partial charge on any atom is -0.351 e. The zero-order valence-corrected chi connectivity index (χ0v) is 11.3. The van der Waals surface area contributed by atoms with Crippen LogP contribution in [0.25, 0.3) is 10.9 Å². The standard InChI is InChI=1S/C17H16N2O/c1-12-5-4-6-13(9-12)11-18-17(20)16-10-14-7-2-3-8-15(14)19-16/h2-10,19H,11H2,1H3,(H,18,20). The second kappa shape index (κ2) is 5.21. The molecule has 0 aliphatic heterocycles. The molecule has 1 aromatic heterocycles. The van der Waals surface area contributed by atoms with E-state index in [1.807, 2.05) is 55.5 Å². The highest BCUT2D eigenvalue weighted by molar-refractivity contribution is 5.97. The number of hydrogen-bond acceptors (Lipinski definition) is 1. The second-order valence-corrected chi connectivity index (χ2v) is 4.94. The Bertz CT molecular complexity index is 725. The fourth-order valence-corrected chi connectivity index (χ4v) is 2.30. The maximum absolute atomic E-state index is 12.1. The molecule has 0 bridgehead atoms. The number of carbonyl (C=O) groups excluding carboxylic acids is 1. The van der Waals surface area contributed by atoms with Crippen molar-refractivity contribution in [3.05, 3.63) is 71.4 Å². The van der Waals surface area contributed by atoms with Gasteiger partial charge in [0.25, 0.3) is 5.91 Å². The van der Waals surface area contributed by atoms with Gasteiger partial charge in [-0.05, 0) is 24.6 Å². The van der Waals surface area contributed by atoms with Crippen molar-refractivity contribution in [2.24, 2.45) is 0 Å². The summed E-state index contributed by atoms with van der Waals surface area (Å²) in [6, 6.07) is 17.9. The largest absolute Gasteiger partial charge is 0.351 e. The first-order valence-electron chi connectivity index (χ1n) is 6.64. The molecule has 3 aromatic rings. The number of H-pyrrole nitrogens is 1. The van der Waals surface area contributed by atoms with Crippen LogP contribution in [0, 0.1) is 6.92 Å². The topological polar surface area (TPSA) is 44.9 Å². The van der Waals surface area contributed by atoms with Crippen molar-refractivity contribution in [2.75, 3.05) is 0 Å². The molecule has 0 saturated heterocycles. The van der Waals surface area contributed by atoms with E-state index >= 15 is 0 Å². The van der Waals surface area contributed by atoms with Crippen LogP contribution in [0.5, 0.6) is 0 Å². The van der Waals surface area contributed by atoms with E-state index in [2.05, 4.69) is 16.4 Å². The fourth-order valence-electron chi connectivity index (χ4n) is 2.30. The molecule has 0 radical (unpaired) electrons. The molecule has 1 heterocycles. The van der Waals surface area contributed by atoms with Crippen molar-refractivity contribution >= 4 is 16.8 Å². The molecular formula is C17H16N2O. The molecule has 0 aliphatic carbocycles. The Kier molecular flexibility index (Phi) is 3.25. The molecule has 3 rings (SSSR count). The van der Waals surface area contributed by atoms with Crippen molar-refractivity contribution in [1.29, 1.82) is 0 Å². The Balaban J connectivity index is 1.73. The van der Waals surface area contributed by atoms with Crippen LogP contribution < -0.4 is 5.32 Å². The molecule has 0 spiro atoms. The summed E-state index contributed by atoms with van der Waals surface area (Å²) in [6.45, 7) is 2.58. The highest BCUT2D eigenvalue weighted by atomic mass is 16.1. The summed E-state index contributed by atoms with van der Waals surface area (Å²) in [5, 5.41) is 3.98. The third kappa shape index (κ3) is 2.57. The smallest absolute Gasteiger partial charge is 0.267 e. The lowest BCUT2D eigenvalue weighted by Crippen LogP contribution is -2.23. The average Bonchev–Trinajstić information content (AvgIpc) is 2.89. The van der Waals surface area contributed by atoms with Crippen molar-refractivity contribution < 1.29 is 4.79 Å². The minimum absolute atomic E-state index is 0.0808. The van der Waals surface area contributed by atoms with E-state index < -0.39 is 0 Å². The zero-order valence-electron chi connectivity index (χ0n) is 11.3. The molecule has 3 heteroatoms. The van der Waals surface area contributed by atoms with Crippen LogP contribution in [-0.2, 0) is 6.54 Å². The van der Waals surface area contributed by atoms with Gasteiger partial charge in [-0.2, -0.15) is 0 Å². The zero-order chi connectivity index (χ0) is 13.9. The summed E-state index contributed by atoms with van der Waals surface area (Å²) in [6.07, 6.45) is 0. The highest BCUT2D eigenvalue weighted by Gasteiger charge is 2.08. The number of rotatable bonds is 3. The van der Waals surface area contributed by atoms with Crippen LogP contribution in [0.1, 0.15) is 21.6 Å². The SMILES string of the molecule is Cc1cccc(CNC(=O)c2cc3ccccc3[nH]2)c1. The van der Waals surface area contributed by atoms with Gasteiger partial charge in [-0.15, -0.1) is 0 Å². The number of benzene rings is 2. The average molecular weight is 264 g/mol. The van der Waals surface area contributed by atoms with Gasteiger partial charge in [0.05, 0.1) is 0 Å². The van der Waals surface area contributed by atoms with Crippen LogP contribution in [0.15, 0.2) is 54.6 Å². The first kappa shape index (κ1) is 12.5. The summed E-state index contributed by atoms with van der Waals surface area (Å²) in [7, 11) is 0. The van der Waals surface area contributed by atoms with Gasteiger partial charge in [0.1, 0.15) is 5.69 Å². The molecule has 2 N–H and O–H groups in total. The third-order valence-electron chi connectivity index (χ3n) is 3.31. The predicted molar refractivity (Wildman–Crippen MR) is 80.6 cm³/mol. The van der Waals surface area contributed by atoms with Crippen molar-refractivity contribution in [2.45, 2.75) is 13.5 Å². The summed E-state index contributed by atoms with van der Waals surface area (Å²) < 4.78 is 0. The Morgan fingerprint density at radius 2 is 1.95 bits per heavy atom. The third-order valence-corrected chi connectivity index (χ3v) is 3.31. The van der Waals surface area contributed by atoms with Gasteiger partial charge in [0.15, 0.2) is 0 Å². The van der Waals surface area contributed by atoms with Crippen molar-refractivity contribution in [1.82, 2.24) is 10.3 Å². The number of aromatic amines is 1. The van der Waals surface area contributed by atoms with Gasteiger partial charge >= 0.3 is 0 Å². The van der Waals surface area contributed by atoms with Gasteiger partial charge in [-0.1, -0.05) is 48.0 Å². The molecule has 0 atom stereocenters. The predicted octanol–water partition coefficient (Wildman–Crippen LogP) is 3.41. The van der Waals surface area contributed by atoms with Gasteiger partial charge in [0.2, 0.25) is 0 Å². The number of nitrogens with one attached hydrogen (secondary N) is 2. The lowest BCUT2D eigenvalue weighted by Gasteiger charge is -2.04. The fraction of sp³-hybridized carbons (Fsp3) is 0.118. The number of amides is 1. The number of para-hydroxylation sites is 1. The molecule has 0 saturated carbocycles. The monoisotopic (exact) mass is 264 g/mol. The number of carbonyl (C=O) groups is 1. The van der Waals surface area contributed by atoms with E-state index in [0.717, 1.165) is 16.5 Å². The summed E-state index contributed by atoms with van der Waals surface area (Å²) >= 11 is 0. The van der Waals surface area contributed by atoms with Crippen LogP contribution in [0.4, 0.5) is 0 Å². The number of hydrogen-bond donors (Lipinski definition) is 2. The first-order chi connectivity index (χ1) is 9.72. The molecular weight excluding hydrogens is 248 g/mol. The van der Waals surface area contributed by atoms with Crippen molar-refractivity contribution in [3.63, 3.8) is 0 Å². The van der Waals surface area contributed by atoms with Gasteiger partial charge < -0.3 is 10.3 Å². The molecule has 2 aromatic carbocycles. The number of aryl methyl sites for hydroxylation is 1. The van der Waals surface area contributed by atoms with Gasteiger partial charge in [-0.25, -0.2) is 0 Å². The van der Waals surface area contributed by atoms with Crippen LogP contribution in [0.3, 0.4) is 0 Å². The van der Waals surface area contributed by atoms with Crippen LogP contribution in [0.2, 0.25) is 0 Å². The Morgan fingerprint density at radius 1 is 1.10 bits per heavy atom. The van der Waals surface area contributed by atoms with Gasteiger partial charge in [-0.3, -0.25) is 4.79 Å². The second-order valence-electron chi connectivity index (χ2n) is 4.94. The minimum atomic E-state index is -0.0808. The molecule has 0 fully saturated rings. The Hall–Kier alpha value is -2.55. The van der Waals surface area contributed by atoms with E-state index in [4.69, 9.17) is 0 Å². The summed E-state index contributed by atoms with van der Waals surface area (Å²) in [5.74, 6) is -0.0808. The number of aromatic nitrogens is 1. The Morgan fingerprint density at radius 3 is 2.75 bits per heavy atom. The lowest BCUT2D eigenvalue weighted by molar-refractivity contribution is 0.0946. The Labute approximate surface area is 117 Å². The molecule has 0 aliphatic rings. The van der Waals surface area contributed by atoms with E-state index in [-0.39, 0.29) is 5.91 Å². The summed E-state index contributed by atoms with van der Waals surface area (Å²) in [5.41, 5.74) is 3.88. The molecule has 1 amide bonds. The van der Waals surface area contributed by atoms with E-state index in [0.29, 0.717) is 12.2 Å².